The molecule has 0 saturated heterocycles. The van der Waals surface area contributed by atoms with E-state index in [1.807, 2.05) is 0 Å². The number of nitrogens with one attached hydrogen (secondary N) is 1. The standard InChI is InChI=1S/C31H34N8O24S8/c1-33-30-26(38-36-24-9-7-22(17-28(24)70(51,52)53)68(46,47)14-11-58-65-63-61-41)18-25(29(32)31(30)39-34-19-2-4-20(5-3-19)66(42,43)15-12-59-71(54,55)56)37-35-23-8-6-21(16-27(23)69(48,49)50)67(44,45)13-10-57-64-62-60-40/h2-9,16-18,33,40-41H,10-15,32H2,1H3,(H,48,49,50)(H,51,52,53)(H,54,55,56)/b37-35+,38-36+,39-34+. The van der Waals surface area contributed by atoms with Crippen LogP contribution in [-0.4, -0.2) is 119 Å². The molecule has 8 N–H and O–H groups in total. The van der Waals surface area contributed by atoms with E-state index in [0.717, 1.165) is 54.6 Å². The predicted octanol–water partition coefficient (Wildman–Crippen LogP) is 5.19. The molecule has 71 heavy (non-hydrogen) atoms. The Bertz CT molecular complexity index is 3350. The van der Waals surface area contributed by atoms with E-state index < -0.39 is 140 Å². The lowest BCUT2D eigenvalue weighted by atomic mass is 10.1. The minimum atomic E-state index is -5.27. The minimum absolute atomic E-state index is 0.0499. The fourth-order valence-corrected chi connectivity index (χ4v) is 11.0. The maximum absolute atomic E-state index is 12.9. The summed E-state index contributed by atoms with van der Waals surface area (Å²) in [5, 5.41) is 49.4. The zero-order valence-corrected chi connectivity index (χ0v) is 41.6. The molecule has 40 heteroatoms. The van der Waals surface area contributed by atoms with Crippen LogP contribution in [0.5, 0.6) is 0 Å². The van der Waals surface area contributed by atoms with Gasteiger partial charge in [-0.15, -0.1) is 34.2 Å². The Hall–Kier alpha value is -4.80. The van der Waals surface area contributed by atoms with Crippen molar-refractivity contribution in [3.05, 3.63) is 66.7 Å². The molecule has 4 aromatic rings. The summed E-state index contributed by atoms with van der Waals surface area (Å²) in [5.41, 5.74) is 3.31. The highest BCUT2D eigenvalue weighted by molar-refractivity contribution is 7.92. The first-order valence-corrected chi connectivity index (χ1v) is 28.7. The molecule has 32 nitrogen and oxygen atoms in total. The van der Waals surface area contributed by atoms with E-state index in [0.29, 0.717) is 12.1 Å². The Morgan fingerprint density at radius 1 is 0.535 bits per heavy atom. The average Bonchev–Trinajstić information content (AvgIpc) is 3.28. The van der Waals surface area contributed by atoms with E-state index in [9.17, 15) is 59.6 Å². The Kier molecular flexibility index (Phi) is 20.9. The number of hydrogen-bond acceptors (Lipinski definition) is 31. The van der Waals surface area contributed by atoms with Crippen molar-refractivity contribution in [1.82, 2.24) is 0 Å². The monoisotopic (exact) mass is 1160 g/mol. The van der Waals surface area contributed by atoms with Gasteiger partial charge in [0.15, 0.2) is 54.2 Å². The average molecular weight is 1160 g/mol. The Labute approximate surface area is 411 Å². The van der Waals surface area contributed by atoms with Crippen LogP contribution in [0.15, 0.2) is 122 Å². The van der Waals surface area contributed by atoms with Crippen LogP contribution < -0.4 is 11.1 Å². The van der Waals surface area contributed by atoms with Crippen molar-refractivity contribution in [2.75, 3.05) is 55.2 Å². The molecule has 0 spiro atoms. The topological polar surface area (TPSA) is 483 Å². The van der Waals surface area contributed by atoms with Gasteiger partial charge in [0.2, 0.25) is 0 Å². The number of benzene rings is 4. The smallest absolute Gasteiger partial charge is 0.395 e. The van der Waals surface area contributed by atoms with Crippen molar-refractivity contribution in [1.29, 1.82) is 0 Å². The highest BCUT2D eigenvalue weighted by Crippen LogP contribution is 2.47. The van der Waals surface area contributed by atoms with Gasteiger partial charge in [0.25, 0.3) is 20.2 Å². The van der Waals surface area contributed by atoms with Gasteiger partial charge in [-0.25, -0.2) is 40.0 Å². The second kappa shape index (κ2) is 25.2. The molecule has 0 bridgehead atoms. The van der Waals surface area contributed by atoms with Crippen molar-refractivity contribution in [3.63, 3.8) is 0 Å². The lowest BCUT2D eigenvalue weighted by Crippen LogP contribution is -2.15. The molecule has 4 rings (SSSR count). The van der Waals surface area contributed by atoms with Crippen LogP contribution in [0.1, 0.15) is 0 Å². The summed E-state index contributed by atoms with van der Waals surface area (Å²) in [6.07, 6.45) is 0. The van der Waals surface area contributed by atoms with Crippen molar-refractivity contribution in [2.45, 2.75) is 24.5 Å². The first-order valence-electron chi connectivity index (χ1n) is 18.2. The van der Waals surface area contributed by atoms with Gasteiger partial charge in [-0.2, -0.15) is 30.4 Å². The molecule has 0 heterocycles. The molecule has 0 atom stereocenters. The Morgan fingerprint density at radius 3 is 1.39 bits per heavy atom. The first kappa shape index (κ1) is 58.8. The van der Waals surface area contributed by atoms with Crippen LogP contribution in [0.25, 0.3) is 0 Å². The molecule has 0 radical (unpaired) electrons. The van der Waals surface area contributed by atoms with Gasteiger partial charge in [-0.05, 0) is 66.7 Å². The maximum Gasteiger partial charge on any atom is 0.397 e. The minimum Gasteiger partial charge on any atom is -0.395 e. The summed E-state index contributed by atoms with van der Waals surface area (Å²) in [4.78, 5) is -3.74. The summed E-state index contributed by atoms with van der Waals surface area (Å²) >= 11 is 0.142. The lowest BCUT2D eigenvalue weighted by molar-refractivity contribution is -0.434. The van der Waals surface area contributed by atoms with E-state index in [4.69, 9.17) is 29.2 Å². The summed E-state index contributed by atoms with van der Waals surface area (Å²) in [7, 11) is -27.0. The number of azo groups is 3. The molecule has 0 saturated carbocycles. The Morgan fingerprint density at radius 2 is 0.958 bits per heavy atom. The SMILES string of the molecule is CNc1c(/N=N/c2ccc(S(=O)(=O)CCOSOOO)cc2S(=O)(=O)O)cc(/N=N/c2ccc(S(=O)(=O)CCOSOOO)cc2S(=O)(=O)O)c(N)c1/N=N/c1ccc(S(=O)(=O)CCOS(=O)(=O)O)cc1. The predicted molar refractivity (Wildman–Crippen MR) is 242 cm³/mol. The first-order chi connectivity index (χ1) is 33.1. The lowest BCUT2D eigenvalue weighted by Gasteiger charge is -2.13. The van der Waals surface area contributed by atoms with Crippen LogP contribution in [-0.2, 0) is 91.4 Å². The van der Waals surface area contributed by atoms with E-state index in [2.05, 4.69) is 58.9 Å². The summed E-state index contributed by atoms with van der Waals surface area (Å²) in [6, 6.07) is 10.1. The van der Waals surface area contributed by atoms with Crippen LogP contribution >= 0.6 is 24.6 Å². The number of rotatable bonds is 28. The third-order valence-corrected chi connectivity index (χ3v) is 16.4. The third kappa shape index (κ3) is 17.4. The summed E-state index contributed by atoms with van der Waals surface area (Å²) in [5.74, 6) is -2.40. The molecule has 4 aromatic carbocycles. The maximum atomic E-state index is 12.9. The van der Waals surface area contributed by atoms with Gasteiger partial charge in [0, 0.05) is 7.05 Å². The highest BCUT2D eigenvalue weighted by atomic mass is 32.3. The molecule has 390 valence electrons. The number of anilines is 2. The van der Waals surface area contributed by atoms with Gasteiger partial charge in [-0.1, -0.05) is 10.1 Å². The third-order valence-electron chi connectivity index (χ3n) is 8.34. The van der Waals surface area contributed by atoms with Gasteiger partial charge < -0.3 is 11.1 Å². The summed E-state index contributed by atoms with van der Waals surface area (Å²) in [6.45, 7) is -2.04. The number of sulfone groups is 3. The number of nitrogens with two attached hydrogens (primary N) is 1. The van der Waals surface area contributed by atoms with Crippen LogP contribution in [0, 0.1) is 0 Å². The Balaban J connectivity index is 1.86. The molecule has 0 aliphatic carbocycles. The molecule has 0 unspecified atom stereocenters. The van der Waals surface area contributed by atoms with Crippen LogP contribution in [0.4, 0.5) is 45.5 Å². The number of nitrogens with zero attached hydrogens (tertiary/aromatic N) is 6. The zero-order chi connectivity index (χ0) is 52.8. The van der Waals surface area contributed by atoms with E-state index in [1.54, 1.807) is 0 Å². The van der Waals surface area contributed by atoms with Crippen molar-refractivity contribution in [3.8, 4) is 0 Å². The second-order valence-corrected chi connectivity index (χ2v) is 24.1. The normalized spacial score (nSPS) is 13.2. The summed E-state index contributed by atoms with van der Waals surface area (Å²) < 4.78 is 199. The molecule has 0 amide bonds. The van der Waals surface area contributed by atoms with Gasteiger partial charge in [0.1, 0.15) is 38.2 Å². The zero-order valence-electron chi connectivity index (χ0n) is 35.1. The van der Waals surface area contributed by atoms with Gasteiger partial charge >= 0.3 is 10.4 Å². The second-order valence-electron chi connectivity index (χ2n) is 12.9. The molecule has 0 fully saturated rings. The van der Waals surface area contributed by atoms with E-state index in [-0.39, 0.29) is 52.3 Å². The van der Waals surface area contributed by atoms with Gasteiger partial charge in [0.05, 0.1) is 68.8 Å². The van der Waals surface area contributed by atoms with E-state index >= 15 is 0 Å². The van der Waals surface area contributed by atoms with Crippen LogP contribution in [0.2, 0.25) is 0 Å². The quantitative estimate of drug-likeness (QED) is 0.00731. The van der Waals surface area contributed by atoms with E-state index in [1.165, 1.54) is 7.05 Å². The molecular formula is C31H34N8O24S8. The molecule has 0 aliphatic rings. The van der Waals surface area contributed by atoms with Crippen molar-refractivity contribution >= 4 is 130 Å². The fourth-order valence-electron chi connectivity index (χ4n) is 5.19. The fraction of sp³-hybridized carbons (Fsp3) is 0.226. The number of nitrogen functional groups attached to an aromatic ring is 1. The molecule has 0 aromatic heterocycles. The largest absolute Gasteiger partial charge is 0.397 e. The van der Waals surface area contributed by atoms with Crippen LogP contribution in [0.3, 0.4) is 0 Å². The molecule has 0 aliphatic heterocycles. The van der Waals surface area contributed by atoms with Crippen molar-refractivity contribution < 1.29 is 106 Å². The van der Waals surface area contributed by atoms with Gasteiger partial charge in [-0.3, -0.25) is 22.0 Å². The molecular weight excluding hydrogens is 1120 g/mol. The van der Waals surface area contributed by atoms with Crippen molar-refractivity contribution in [2.24, 2.45) is 30.7 Å². The highest BCUT2D eigenvalue weighted by Gasteiger charge is 2.25. The number of hydrogen-bond donors (Lipinski definition) is 7.